The van der Waals surface area contributed by atoms with Crippen LogP contribution in [-0.4, -0.2) is 15.5 Å². The number of rotatable bonds is 4. The predicted octanol–water partition coefficient (Wildman–Crippen LogP) is 3.82. The van der Waals surface area contributed by atoms with Crippen molar-refractivity contribution >= 4 is 48.1 Å². The van der Waals surface area contributed by atoms with Crippen LogP contribution in [0.25, 0.3) is 21.1 Å². The molecule has 0 saturated carbocycles. The zero-order chi connectivity index (χ0) is 18.3. The Morgan fingerprint density at radius 2 is 1.73 bits per heavy atom. The fourth-order valence-electron chi connectivity index (χ4n) is 2.74. The Kier molecular flexibility index (Phi) is 3.93. The maximum absolute atomic E-state index is 12.8. The Bertz CT molecular complexity index is 1270. The number of nitrogens with one attached hydrogen (secondary N) is 1. The Labute approximate surface area is 152 Å². The molecule has 6 nitrogen and oxygen atoms in total. The molecular formula is C18H13NO5S2. The van der Waals surface area contributed by atoms with Crippen LogP contribution in [0.15, 0.2) is 68.7 Å². The molecule has 0 atom stereocenters. The molecule has 0 bridgehead atoms. The summed E-state index contributed by atoms with van der Waals surface area (Å²) in [5.41, 5.74) is 0.851. The van der Waals surface area contributed by atoms with Crippen molar-refractivity contribution in [2.75, 3.05) is 11.8 Å². The second-order valence-electron chi connectivity index (χ2n) is 5.53. The summed E-state index contributed by atoms with van der Waals surface area (Å²) < 4.78 is 39.0. The van der Waals surface area contributed by atoms with Gasteiger partial charge in [-0.15, -0.1) is 0 Å². The average molecular weight is 387 g/mol. The summed E-state index contributed by atoms with van der Waals surface area (Å²) in [7, 11) is -2.29. The third-order valence-electron chi connectivity index (χ3n) is 3.95. The molecule has 0 saturated heterocycles. The molecule has 0 fully saturated rings. The van der Waals surface area contributed by atoms with Gasteiger partial charge in [-0.3, -0.25) is 4.72 Å². The first-order chi connectivity index (χ1) is 12.5. The summed E-state index contributed by atoms with van der Waals surface area (Å²) in [5.74, 6) is 0.569. The van der Waals surface area contributed by atoms with Crippen LogP contribution >= 0.6 is 11.3 Å². The smallest absolute Gasteiger partial charge is 0.396 e. The summed E-state index contributed by atoms with van der Waals surface area (Å²) in [6, 6.07) is 14.9. The molecule has 3 aromatic carbocycles. The van der Waals surface area contributed by atoms with E-state index in [9.17, 15) is 13.2 Å². The van der Waals surface area contributed by atoms with E-state index in [2.05, 4.69) is 4.72 Å². The van der Waals surface area contributed by atoms with Crippen LogP contribution in [0.2, 0.25) is 0 Å². The molecule has 0 aliphatic heterocycles. The summed E-state index contributed by atoms with van der Waals surface area (Å²) in [6.45, 7) is 0. The van der Waals surface area contributed by atoms with Gasteiger partial charge in [0.2, 0.25) is 0 Å². The maximum Gasteiger partial charge on any atom is 0.396 e. The molecule has 8 heteroatoms. The molecule has 26 heavy (non-hydrogen) atoms. The van der Waals surface area contributed by atoms with Crippen LogP contribution in [0.4, 0.5) is 5.69 Å². The Morgan fingerprint density at radius 3 is 2.42 bits per heavy atom. The van der Waals surface area contributed by atoms with E-state index < -0.39 is 15.0 Å². The Morgan fingerprint density at radius 1 is 1.04 bits per heavy atom. The fourth-order valence-corrected chi connectivity index (χ4v) is 4.54. The highest BCUT2D eigenvalue weighted by Gasteiger charge is 2.18. The lowest BCUT2D eigenvalue weighted by Crippen LogP contribution is -2.13. The van der Waals surface area contributed by atoms with Crippen LogP contribution in [0.3, 0.4) is 0 Å². The molecular weight excluding hydrogens is 374 g/mol. The molecule has 4 rings (SSSR count). The number of hydrogen-bond acceptors (Lipinski definition) is 6. The van der Waals surface area contributed by atoms with E-state index in [-0.39, 0.29) is 4.90 Å². The number of hydrogen-bond donors (Lipinski definition) is 1. The monoisotopic (exact) mass is 387 g/mol. The highest BCUT2D eigenvalue weighted by molar-refractivity contribution is 7.92. The normalized spacial score (nSPS) is 11.7. The molecule has 1 aromatic heterocycles. The maximum atomic E-state index is 12.8. The van der Waals surface area contributed by atoms with Crippen LogP contribution < -0.4 is 14.4 Å². The minimum Gasteiger partial charge on any atom is -0.497 e. The van der Waals surface area contributed by atoms with E-state index in [0.717, 1.165) is 11.3 Å². The topological polar surface area (TPSA) is 85.6 Å². The van der Waals surface area contributed by atoms with Crippen molar-refractivity contribution in [3.63, 3.8) is 0 Å². The summed E-state index contributed by atoms with van der Waals surface area (Å²) in [6.07, 6.45) is 0. The molecule has 0 spiro atoms. The molecule has 0 radical (unpaired) electrons. The van der Waals surface area contributed by atoms with Gasteiger partial charge in [-0.1, -0.05) is 35.6 Å². The van der Waals surface area contributed by atoms with E-state index in [1.165, 1.54) is 19.2 Å². The van der Waals surface area contributed by atoms with Crippen molar-refractivity contribution < 1.29 is 17.6 Å². The van der Waals surface area contributed by atoms with Gasteiger partial charge in [0.15, 0.2) is 5.58 Å². The third-order valence-corrected chi connectivity index (χ3v) is 6.11. The first-order valence-corrected chi connectivity index (χ1v) is 9.90. The number of benzene rings is 3. The van der Waals surface area contributed by atoms with Gasteiger partial charge in [0.25, 0.3) is 10.0 Å². The molecule has 1 N–H and O–H groups in total. The van der Waals surface area contributed by atoms with Gasteiger partial charge in [0.05, 0.1) is 22.4 Å². The van der Waals surface area contributed by atoms with Crippen molar-refractivity contribution in [3.05, 3.63) is 64.3 Å². The van der Waals surface area contributed by atoms with Crippen molar-refractivity contribution in [2.45, 2.75) is 4.90 Å². The van der Waals surface area contributed by atoms with E-state index in [0.29, 0.717) is 32.5 Å². The zero-order valence-corrected chi connectivity index (χ0v) is 15.2. The van der Waals surface area contributed by atoms with Crippen molar-refractivity contribution in [1.29, 1.82) is 0 Å². The minimum absolute atomic E-state index is 0.114. The molecule has 0 aliphatic carbocycles. The van der Waals surface area contributed by atoms with Crippen LogP contribution in [0, 0.1) is 0 Å². The third kappa shape index (κ3) is 2.83. The lowest BCUT2D eigenvalue weighted by atomic mass is 10.1. The first kappa shape index (κ1) is 16.6. The second kappa shape index (κ2) is 6.15. The largest absolute Gasteiger partial charge is 0.497 e. The van der Waals surface area contributed by atoms with Crippen LogP contribution in [0.5, 0.6) is 5.75 Å². The highest BCUT2D eigenvalue weighted by atomic mass is 32.2. The zero-order valence-electron chi connectivity index (χ0n) is 13.6. The quantitative estimate of drug-likeness (QED) is 0.575. The van der Waals surface area contributed by atoms with Crippen molar-refractivity contribution in [2.24, 2.45) is 0 Å². The number of anilines is 1. The van der Waals surface area contributed by atoms with Crippen molar-refractivity contribution in [1.82, 2.24) is 0 Å². The summed E-state index contributed by atoms with van der Waals surface area (Å²) in [4.78, 5) is 11.3. The second-order valence-corrected chi connectivity index (χ2v) is 8.19. The molecule has 0 unspecified atom stereocenters. The van der Waals surface area contributed by atoms with Gasteiger partial charge in [0, 0.05) is 10.8 Å². The predicted molar refractivity (Wildman–Crippen MR) is 102 cm³/mol. The molecule has 0 aliphatic rings. The van der Waals surface area contributed by atoms with Crippen LogP contribution in [0.1, 0.15) is 0 Å². The van der Waals surface area contributed by atoms with E-state index in [1.54, 1.807) is 42.5 Å². The Balaban J connectivity index is 1.86. The highest BCUT2D eigenvalue weighted by Crippen LogP contribution is 2.34. The number of fused-ring (bicyclic) bond motifs is 3. The Hall–Kier alpha value is -2.84. The van der Waals surface area contributed by atoms with E-state index in [4.69, 9.17) is 9.15 Å². The van der Waals surface area contributed by atoms with Crippen LogP contribution in [-0.2, 0) is 10.0 Å². The lowest BCUT2D eigenvalue weighted by molar-refractivity contribution is 0.414. The molecule has 4 aromatic rings. The molecule has 1 heterocycles. The lowest BCUT2D eigenvalue weighted by Gasteiger charge is -2.11. The summed E-state index contributed by atoms with van der Waals surface area (Å²) in [5, 5.41) is 1.33. The van der Waals surface area contributed by atoms with Gasteiger partial charge < -0.3 is 9.15 Å². The average Bonchev–Trinajstić information content (AvgIpc) is 3.02. The standard InChI is InChI=1S/C18H13NO5S2/c1-23-11-6-8-12(9-7-11)26(21,22)19-15-10-16-17(24-18(20)25-16)14-5-3-2-4-13(14)15/h2-10,19H,1H3. The fraction of sp³-hybridized carbons (Fsp3) is 0.0556. The van der Waals surface area contributed by atoms with Gasteiger partial charge in [-0.05, 0) is 30.3 Å². The van der Waals surface area contributed by atoms with E-state index in [1.807, 2.05) is 0 Å². The molecule has 0 amide bonds. The van der Waals surface area contributed by atoms with E-state index >= 15 is 0 Å². The SMILES string of the molecule is COc1ccc(S(=O)(=O)Nc2cc3sc(=O)oc3c3ccccc23)cc1. The number of sulfonamides is 1. The number of ether oxygens (including phenoxy) is 1. The minimum atomic E-state index is -3.80. The van der Waals surface area contributed by atoms with Gasteiger partial charge in [-0.25, -0.2) is 13.2 Å². The van der Waals surface area contributed by atoms with Gasteiger partial charge >= 0.3 is 4.94 Å². The van der Waals surface area contributed by atoms with Gasteiger partial charge in [0.1, 0.15) is 5.75 Å². The first-order valence-electron chi connectivity index (χ1n) is 7.60. The van der Waals surface area contributed by atoms with Crippen molar-refractivity contribution in [3.8, 4) is 5.75 Å². The number of methoxy groups -OCH3 is 1. The molecule has 132 valence electrons. The van der Waals surface area contributed by atoms with Gasteiger partial charge in [-0.2, -0.15) is 0 Å². The summed E-state index contributed by atoms with van der Waals surface area (Å²) >= 11 is 0.934.